The molecule has 7 nitrogen and oxygen atoms in total. The van der Waals surface area contributed by atoms with Gasteiger partial charge in [-0.1, -0.05) is 18.2 Å². The van der Waals surface area contributed by atoms with Crippen molar-refractivity contribution in [3.05, 3.63) is 48.7 Å². The van der Waals surface area contributed by atoms with Crippen molar-refractivity contribution in [3.8, 4) is 0 Å². The van der Waals surface area contributed by atoms with Crippen LogP contribution in [0.2, 0.25) is 0 Å². The third kappa shape index (κ3) is 2.58. The van der Waals surface area contributed by atoms with Crippen LogP contribution in [-0.2, 0) is 0 Å². The van der Waals surface area contributed by atoms with Crippen LogP contribution in [-0.4, -0.2) is 38.7 Å². The molecule has 3 aromatic rings. The zero-order valence-electron chi connectivity index (χ0n) is 13.2. The Morgan fingerprint density at radius 1 is 1.21 bits per heavy atom. The Labute approximate surface area is 139 Å². The van der Waals surface area contributed by atoms with Gasteiger partial charge in [0.05, 0.1) is 11.6 Å². The highest BCUT2D eigenvalue weighted by molar-refractivity contribution is 5.91. The van der Waals surface area contributed by atoms with Crippen molar-refractivity contribution in [2.75, 3.05) is 18.0 Å². The highest BCUT2D eigenvalue weighted by Gasteiger charge is 2.24. The number of pyridine rings is 1. The van der Waals surface area contributed by atoms with Crippen LogP contribution < -0.4 is 10.6 Å². The quantitative estimate of drug-likeness (QED) is 0.793. The van der Waals surface area contributed by atoms with Crippen molar-refractivity contribution in [1.82, 2.24) is 19.7 Å². The fraction of sp³-hybridized carbons (Fsp3) is 0.294. The monoisotopic (exact) mass is 322 g/mol. The van der Waals surface area contributed by atoms with Gasteiger partial charge in [-0.3, -0.25) is 9.78 Å². The SMILES string of the molecule is NC(=O)c1ncn([C@@H]2CCCN(c3ccnc4ccccc34)C2)n1. The zero-order valence-corrected chi connectivity index (χ0v) is 13.2. The number of para-hydroxylation sites is 1. The van der Waals surface area contributed by atoms with Gasteiger partial charge in [-0.25, -0.2) is 9.67 Å². The second-order valence-electron chi connectivity index (χ2n) is 6.00. The molecule has 1 saturated heterocycles. The molecule has 0 unspecified atom stereocenters. The summed E-state index contributed by atoms with van der Waals surface area (Å²) in [5, 5.41) is 5.37. The minimum absolute atomic E-state index is 0.0708. The molecule has 122 valence electrons. The number of anilines is 1. The second-order valence-corrected chi connectivity index (χ2v) is 6.00. The van der Waals surface area contributed by atoms with Crippen LogP contribution >= 0.6 is 0 Å². The number of hydrogen-bond acceptors (Lipinski definition) is 5. The summed E-state index contributed by atoms with van der Waals surface area (Å²) in [5.74, 6) is -0.525. The summed E-state index contributed by atoms with van der Waals surface area (Å²) in [6, 6.07) is 10.4. The largest absolute Gasteiger partial charge is 0.369 e. The predicted molar refractivity (Wildman–Crippen MR) is 90.8 cm³/mol. The highest BCUT2D eigenvalue weighted by atomic mass is 16.1. The van der Waals surface area contributed by atoms with E-state index < -0.39 is 5.91 Å². The molecule has 1 fully saturated rings. The Morgan fingerprint density at radius 2 is 2.08 bits per heavy atom. The Balaban J connectivity index is 1.63. The molecule has 0 aliphatic carbocycles. The fourth-order valence-corrected chi connectivity index (χ4v) is 3.31. The van der Waals surface area contributed by atoms with E-state index in [1.54, 1.807) is 11.0 Å². The molecule has 2 N–H and O–H groups in total. The lowest BCUT2D eigenvalue weighted by Gasteiger charge is -2.34. The van der Waals surface area contributed by atoms with E-state index in [0.29, 0.717) is 0 Å². The maximum Gasteiger partial charge on any atom is 0.288 e. The molecule has 7 heteroatoms. The number of benzene rings is 1. The first-order valence-electron chi connectivity index (χ1n) is 8.02. The van der Waals surface area contributed by atoms with Crippen LogP contribution in [0.4, 0.5) is 5.69 Å². The number of fused-ring (bicyclic) bond motifs is 1. The predicted octanol–water partition coefficient (Wildman–Crippen LogP) is 1.77. The zero-order chi connectivity index (χ0) is 16.5. The number of amides is 1. The summed E-state index contributed by atoms with van der Waals surface area (Å²) >= 11 is 0. The first-order valence-corrected chi connectivity index (χ1v) is 8.02. The van der Waals surface area contributed by atoms with Crippen LogP contribution in [0.3, 0.4) is 0 Å². The normalized spacial score (nSPS) is 18.0. The molecule has 1 aliphatic rings. The van der Waals surface area contributed by atoms with Gasteiger partial charge in [0.1, 0.15) is 6.33 Å². The van der Waals surface area contributed by atoms with Crippen molar-refractivity contribution in [3.63, 3.8) is 0 Å². The molecule has 24 heavy (non-hydrogen) atoms. The maximum absolute atomic E-state index is 11.2. The smallest absolute Gasteiger partial charge is 0.288 e. The molecule has 0 radical (unpaired) electrons. The van der Waals surface area contributed by atoms with Gasteiger partial charge >= 0.3 is 0 Å². The average molecular weight is 322 g/mol. The summed E-state index contributed by atoms with van der Waals surface area (Å²) in [6.45, 7) is 1.80. The van der Waals surface area contributed by atoms with Crippen LogP contribution in [0, 0.1) is 0 Å². The number of carbonyl (C=O) groups excluding carboxylic acids is 1. The molecule has 4 rings (SSSR count). The molecular formula is C17H18N6O. The lowest BCUT2D eigenvalue weighted by atomic mass is 10.0. The Morgan fingerprint density at radius 3 is 2.92 bits per heavy atom. The van der Waals surface area contributed by atoms with Crippen molar-refractivity contribution in [2.45, 2.75) is 18.9 Å². The van der Waals surface area contributed by atoms with Crippen molar-refractivity contribution in [2.24, 2.45) is 5.73 Å². The van der Waals surface area contributed by atoms with Crippen LogP contribution in [0.5, 0.6) is 0 Å². The molecule has 0 spiro atoms. The lowest BCUT2D eigenvalue weighted by molar-refractivity contribution is 0.0990. The third-order valence-corrected chi connectivity index (χ3v) is 4.47. The van der Waals surface area contributed by atoms with E-state index >= 15 is 0 Å². The summed E-state index contributed by atoms with van der Waals surface area (Å²) < 4.78 is 1.76. The van der Waals surface area contributed by atoms with Crippen LogP contribution in [0.15, 0.2) is 42.9 Å². The van der Waals surface area contributed by atoms with Crippen molar-refractivity contribution >= 4 is 22.5 Å². The Bertz CT molecular complexity index is 884. The standard InChI is InChI=1S/C17H18N6O/c18-16(24)17-20-11-23(21-17)12-4-3-9-22(10-12)15-7-8-19-14-6-2-1-5-13(14)15/h1-2,5-8,11-12H,3-4,9-10H2,(H2,18,24)/t12-/m1/s1. The lowest BCUT2D eigenvalue weighted by Crippen LogP contribution is -2.37. The Kier molecular flexibility index (Phi) is 3.60. The summed E-state index contributed by atoms with van der Waals surface area (Å²) in [6.07, 6.45) is 5.50. The van der Waals surface area contributed by atoms with E-state index in [1.165, 1.54) is 5.69 Å². The molecule has 3 heterocycles. The first kappa shape index (κ1) is 14.6. The van der Waals surface area contributed by atoms with Gasteiger partial charge in [0, 0.05) is 30.4 Å². The van der Waals surface area contributed by atoms with E-state index in [1.807, 2.05) is 24.4 Å². The molecule has 1 amide bonds. The van der Waals surface area contributed by atoms with Gasteiger partial charge in [-0.2, -0.15) is 0 Å². The van der Waals surface area contributed by atoms with Gasteiger partial charge in [0.15, 0.2) is 0 Å². The first-order chi connectivity index (χ1) is 11.7. The minimum atomic E-state index is -0.596. The van der Waals surface area contributed by atoms with E-state index in [0.717, 1.165) is 36.8 Å². The van der Waals surface area contributed by atoms with E-state index in [4.69, 9.17) is 5.73 Å². The van der Waals surface area contributed by atoms with E-state index in [2.05, 4.69) is 32.1 Å². The van der Waals surface area contributed by atoms with Crippen molar-refractivity contribution < 1.29 is 4.79 Å². The number of nitrogens with zero attached hydrogens (tertiary/aromatic N) is 5. The average Bonchev–Trinajstić information content (AvgIpc) is 3.12. The molecule has 2 aromatic heterocycles. The maximum atomic E-state index is 11.2. The van der Waals surface area contributed by atoms with E-state index in [-0.39, 0.29) is 11.9 Å². The highest BCUT2D eigenvalue weighted by Crippen LogP contribution is 2.30. The number of aromatic nitrogens is 4. The number of primary amides is 1. The Hall–Kier alpha value is -2.96. The van der Waals surface area contributed by atoms with Crippen molar-refractivity contribution in [1.29, 1.82) is 0 Å². The second kappa shape index (κ2) is 5.92. The molecule has 0 saturated carbocycles. The number of rotatable bonds is 3. The third-order valence-electron chi connectivity index (χ3n) is 4.47. The number of carbonyl (C=O) groups is 1. The molecule has 1 atom stereocenters. The van der Waals surface area contributed by atoms with Gasteiger partial charge in [0.25, 0.3) is 5.91 Å². The summed E-state index contributed by atoms with van der Waals surface area (Å²) in [4.78, 5) is 22.0. The molecule has 1 aliphatic heterocycles. The molecular weight excluding hydrogens is 304 g/mol. The minimum Gasteiger partial charge on any atom is -0.369 e. The fourth-order valence-electron chi connectivity index (χ4n) is 3.31. The number of nitrogens with two attached hydrogens (primary N) is 1. The summed E-state index contributed by atoms with van der Waals surface area (Å²) in [5.41, 5.74) is 7.42. The van der Waals surface area contributed by atoms with Gasteiger partial charge in [-0.15, -0.1) is 5.10 Å². The summed E-state index contributed by atoms with van der Waals surface area (Å²) in [7, 11) is 0. The molecule has 0 bridgehead atoms. The van der Waals surface area contributed by atoms with Gasteiger partial charge in [-0.05, 0) is 25.0 Å². The number of hydrogen-bond donors (Lipinski definition) is 1. The van der Waals surface area contributed by atoms with Gasteiger partial charge in [0.2, 0.25) is 5.82 Å². The van der Waals surface area contributed by atoms with Crippen LogP contribution in [0.1, 0.15) is 29.5 Å². The van der Waals surface area contributed by atoms with Gasteiger partial charge < -0.3 is 10.6 Å². The number of piperidine rings is 1. The topological polar surface area (TPSA) is 89.9 Å². The van der Waals surface area contributed by atoms with E-state index in [9.17, 15) is 4.79 Å². The molecule has 1 aromatic carbocycles. The van der Waals surface area contributed by atoms with Crippen LogP contribution in [0.25, 0.3) is 10.9 Å².